The Morgan fingerprint density at radius 3 is 1.10 bits per heavy atom. The Bertz CT molecular complexity index is 253. The van der Waals surface area contributed by atoms with Crippen LogP contribution in [0.2, 0.25) is 0 Å². The minimum Gasteiger partial charge on any atom is -0.324 e. The fourth-order valence-corrected chi connectivity index (χ4v) is 2.12. The van der Waals surface area contributed by atoms with Crippen molar-refractivity contribution >= 4 is 18.9 Å². The molecule has 1 aliphatic heterocycles. The zero-order chi connectivity index (χ0) is 15.3. The Kier molecular flexibility index (Phi) is 9.86. The predicted molar refractivity (Wildman–Crippen MR) is 74.4 cm³/mol. The Morgan fingerprint density at radius 2 is 0.857 bits per heavy atom. The number of rotatable bonds is 12. The SMILES string of the molecule is O=CCCCC1OC(CCCC=O)OC(CCCC=O)O1. The topological polar surface area (TPSA) is 78.9 Å². The van der Waals surface area contributed by atoms with E-state index in [0.29, 0.717) is 57.8 Å². The summed E-state index contributed by atoms with van der Waals surface area (Å²) in [4.78, 5) is 31.1. The minimum atomic E-state index is -0.388. The molecule has 0 atom stereocenters. The van der Waals surface area contributed by atoms with Gasteiger partial charge in [0.15, 0.2) is 18.9 Å². The summed E-state index contributed by atoms with van der Waals surface area (Å²) in [5.74, 6) is 0. The van der Waals surface area contributed by atoms with Crippen LogP contribution >= 0.6 is 0 Å². The Labute approximate surface area is 125 Å². The summed E-state index contributed by atoms with van der Waals surface area (Å²) in [6, 6.07) is 0. The van der Waals surface area contributed by atoms with Crippen molar-refractivity contribution in [3.05, 3.63) is 0 Å². The monoisotopic (exact) mass is 300 g/mol. The highest BCUT2D eigenvalue weighted by molar-refractivity contribution is 5.49. The van der Waals surface area contributed by atoms with Gasteiger partial charge in [-0.15, -0.1) is 0 Å². The molecule has 0 radical (unpaired) electrons. The number of carbonyl (C=O) groups is 3. The molecular weight excluding hydrogens is 276 g/mol. The van der Waals surface area contributed by atoms with Crippen LogP contribution < -0.4 is 0 Å². The van der Waals surface area contributed by atoms with Crippen molar-refractivity contribution < 1.29 is 28.6 Å². The number of carbonyl (C=O) groups excluding carboxylic acids is 3. The number of aldehydes is 3. The summed E-state index contributed by atoms with van der Waals surface area (Å²) < 4.78 is 17.0. The van der Waals surface area contributed by atoms with Crippen molar-refractivity contribution in [2.45, 2.75) is 76.7 Å². The second-order valence-corrected chi connectivity index (χ2v) is 4.99. The van der Waals surface area contributed by atoms with Gasteiger partial charge in [-0.3, -0.25) is 0 Å². The highest BCUT2D eigenvalue weighted by Gasteiger charge is 2.29. The van der Waals surface area contributed by atoms with Crippen molar-refractivity contribution in [3.8, 4) is 0 Å². The summed E-state index contributed by atoms with van der Waals surface area (Å²) in [5.41, 5.74) is 0. The molecule has 0 aliphatic carbocycles. The molecule has 6 nitrogen and oxygen atoms in total. The van der Waals surface area contributed by atoms with Gasteiger partial charge in [0.25, 0.3) is 0 Å². The quantitative estimate of drug-likeness (QED) is 0.406. The van der Waals surface area contributed by atoms with Crippen molar-refractivity contribution in [2.24, 2.45) is 0 Å². The van der Waals surface area contributed by atoms with Crippen LogP contribution in [0.25, 0.3) is 0 Å². The maximum absolute atomic E-state index is 10.4. The van der Waals surface area contributed by atoms with Gasteiger partial charge in [-0.25, -0.2) is 0 Å². The summed E-state index contributed by atoms with van der Waals surface area (Å²) in [6.07, 6.45) is 6.93. The van der Waals surface area contributed by atoms with E-state index in [9.17, 15) is 14.4 Å². The van der Waals surface area contributed by atoms with Gasteiger partial charge in [-0.1, -0.05) is 0 Å². The molecule has 1 fully saturated rings. The third kappa shape index (κ3) is 8.04. The lowest BCUT2D eigenvalue weighted by molar-refractivity contribution is -0.386. The first-order valence-electron chi connectivity index (χ1n) is 7.57. The lowest BCUT2D eigenvalue weighted by atomic mass is 10.2. The smallest absolute Gasteiger partial charge is 0.163 e. The molecule has 1 rings (SSSR count). The molecule has 21 heavy (non-hydrogen) atoms. The summed E-state index contributed by atoms with van der Waals surface area (Å²) in [7, 11) is 0. The van der Waals surface area contributed by atoms with Crippen molar-refractivity contribution in [1.82, 2.24) is 0 Å². The molecule has 0 aromatic carbocycles. The number of hydrogen-bond donors (Lipinski definition) is 0. The van der Waals surface area contributed by atoms with E-state index in [1.807, 2.05) is 0 Å². The van der Waals surface area contributed by atoms with Gasteiger partial charge < -0.3 is 28.6 Å². The molecule has 0 aromatic heterocycles. The van der Waals surface area contributed by atoms with E-state index in [1.54, 1.807) is 0 Å². The van der Waals surface area contributed by atoms with E-state index >= 15 is 0 Å². The minimum absolute atomic E-state index is 0.388. The van der Waals surface area contributed by atoms with E-state index in [-0.39, 0.29) is 18.9 Å². The average molecular weight is 300 g/mol. The molecule has 120 valence electrons. The maximum atomic E-state index is 10.4. The van der Waals surface area contributed by atoms with Gasteiger partial charge in [0.2, 0.25) is 0 Å². The summed E-state index contributed by atoms with van der Waals surface area (Å²) in [6.45, 7) is 0. The van der Waals surface area contributed by atoms with Gasteiger partial charge in [0, 0.05) is 19.3 Å². The number of unbranched alkanes of at least 4 members (excludes halogenated alkanes) is 3. The van der Waals surface area contributed by atoms with Gasteiger partial charge in [-0.05, 0) is 38.5 Å². The van der Waals surface area contributed by atoms with Crippen molar-refractivity contribution in [3.63, 3.8) is 0 Å². The zero-order valence-electron chi connectivity index (χ0n) is 12.3. The average Bonchev–Trinajstić information content (AvgIpc) is 2.48. The second-order valence-electron chi connectivity index (χ2n) is 4.99. The molecule has 0 N–H and O–H groups in total. The van der Waals surface area contributed by atoms with Gasteiger partial charge >= 0.3 is 0 Å². The first-order chi connectivity index (χ1) is 10.3. The zero-order valence-corrected chi connectivity index (χ0v) is 12.3. The van der Waals surface area contributed by atoms with Crippen LogP contribution in [0.3, 0.4) is 0 Å². The number of ether oxygens (including phenoxy) is 3. The fraction of sp³-hybridized carbons (Fsp3) is 0.800. The standard InChI is InChI=1S/C15H24O6/c16-10-4-1-7-13-19-14(8-2-5-11-17)21-15(20-13)9-3-6-12-18/h10-15H,1-9H2. The molecule has 0 unspecified atom stereocenters. The van der Waals surface area contributed by atoms with Crippen LogP contribution in [-0.4, -0.2) is 37.7 Å². The molecule has 0 saturated carbocycles. The first kappa shape index (κ1) is 17.9. The van der Waals surface area contributed by atoms with Crippen molar-refractivity contribution in [2.75, 3.05) is 0 Å². The fourth-order valence-electron chi connectivity index (χ4n) is 2.12. The van der Waals surface area contributed by atoms with Gasteiger partial charge in [0.05, 0.1) is 0 Å². The van der Waals surface area contributed by atoms with Crippen LogP contribution in [-0.2, 0) is 28.6 Å². The van der Waals surface area contributed by atoms with E-state index in [4.69, 9.17) is 14.2 Å². The maximum Gasteiger partial charge on any atom is 0.163 e. The van der Waals surface area contributed by atoms with Crippen LogP contribution in [0.1, 0.15) is 57.8 Å². The predicted octanol–water partition coefficient (Wildman–Crippen LogP) is 2.14. The lowest BCUT2D eigenvalue weighted by Gasteiger charge is -2.36. The van der Waals surface area contributed by atoms with Crippen LogP contribution in [0.4, 0.5) is 0 Å². The largest absolute Gasteiger partial charge is 0.324 e. The highest BCUT2D eigenvalue weighted by atomic mass is 16.9. The molecule has 0 spiro atoms. The molecular formula is C15H24O6. The highest BCUT2D eigenvalue weighted by Crippen LogP contribution is 2.25. The van der Waals surface area contributed by atoms with Gasteiger partial charge in [-0.2, -0.15) is 0 Å². The third-order valence-corrected chi connectivity index (χ3v) is 3.20. The first-order valence-corrected chi connectivity index (χ1v) is 7.57. The van der Waals surface area contributed by atoms with Crippen molar-refractivity contribution in [1.29, 1.82) is 0 Å². The normalized spacial score (nSPS) is 25.4. The van der Waals surface area contributed by atoms with E-state index in [2.05, 4.69) is 0 Å². The van der Waals surface area contributed by atoms with Crippen LogP contribution in [0.5, 0.6) is 0 Å². The number of hydrogen-bond acceptors (Lipinski definition) is 6. The van der Waals surface area contributed by atoms with Crippen LogP contribution in [0.15, 0.2) is 0 Å². The third-order valence-electron chi connectivity index (χ3n) is 3.20. The van der Waals surface area contributed by atoms with Crippen LogP contribution in [0, 0.1) is 0 Å². The molecule has 1 aliphatic rings. The molecule has 0 aromatic rings. The molecule has 6 heteroatoms. The Balaban J connectivity index is 2.40. The van der Waals surface area contributed by atoms with E-state index < -0.39 is 0 Å². The van der Waals surface area contributed by atoms with E-state index in [1.165, 1.54) is 0 Å². The second kappa shape index (κ2) is 11.5. The molecule has 0 bridgehead atoms. The van der Waals surface area contributed by atoms with E-state index in [0.717, 1.165) is 18.9 Å². The lowest BCUT2D eigenvalue weighted by Crippen LogP contribution is -2.40. The molecule has 0 amide bonds. The molecule has 1 heterocycles. The Hall–Kier alpha value is -1.11. The summed E-state index contributed by atoms with van der Waals surface area (Å²) >= 11 is 0. The summed E-state index contributed by atoms with van der Waals surface area (Å²) in [5, 5.41) is 0. The Morgan fingerprint density at radius 1 is 0.571 bits per heavy atom. The molecule has 1 saturated heterocycles. The van der Waals surface area contributed by atoms with Gasteiger partial charge in [0.1, 0.15) is 18.9 Å².